The first kappa shape index (κ1) is 20.7. The number of hydrogen-bond donors (Lipinski definition) is 0. The van der Waals surface area contributed by atoms with Gasteiger partial charge in [0.2, 0.25) is 0 Å². The second-order valence-corrected chi connectivity index (χ2v) is 7.79. The Morgan fingerprint density at radius 3 is 2.21 bits per heavy atom. The van der Waals surface area contributed by atoms with Crippen LogP contribution in [0.5, 0.6) is 5.75 Å². The van der Waals surface area contributed by atoms with Crippen LogP contribution in [0, 0.1) is 13.8 Å². The van der Waals surface area contributed by atoms with Crippen molar-refractivity contribution >= 4 is 11.6 Å². The van der Waals surface area contributed by atoms with Gasteiger partial charge in [-0.05, 0) is 54.7 Å². The summed E-state index contributed by atoms with van der Waals surface area (Å²) in [4.78, 5) is 15.0. The zero-order valence-corrected chi connectivity index (χ0v) is 17.7. The number of anilines is 1. The molecule has 3 aromatic carbocycles. The van der Waals surface area contributed by atoms with E-state index in [9.17, 15) is 4.79 Å². The first-order valence-electron chi connectivity index (χ1n) is 10.1. The van der Waals surface area contributed by atoms with Crippen LogP contribution in [-0.2, 0) is 11.3 Å². The molecule has 3 aromatic rings. The molecule has 0 aliphatic heterocycles. The van der Waals surface area contributed by atoms with Crippen molar-refractivity contribution in [2.24, 2.45) is 0 Å². The monoisotopic (exact) mass is 387 g/mol. The largest absolute Gasteiger partial charge is 0.483 e. The highest BCUT2D eigenvalue weighted by atomic mass is 16.5. The van der Waals surface area contributed by atoms with Crippen LogP contribution in [0.4, 0.5) is 5.69 Å². The first-order chi connectivity index (χ1) is 13.9. The lowest BCUT2D eigenvalue weighted by Crippen LogP contribution is -2.34. The maximum absolute atomic E-state index is 13.2. The number of aryl methyl sites for hydroxylation is 2. The molecule has 0 fully saturated rings. The molecule has 150 valence electrons. The van der Waals surface area contributed by atoms with E-state index in [0.717, 1.165) is 28.1 Å². The molecule has 0 saturated carbocycles. The Morgan fingerprint density at radius 1 is 0.897 bits per heavy atom. The van der Waals surface area contributed by atoms with Gasteiger partial charge < -0.3 is 9.64 Å². The van der Waals surface area contributed by atoms with E-state index in [0.29, 0.717) is 12.5 Å². The third-order valence-electron chi connectivity index (χ3n) is 4.97. The minimum Gasteiger partial charge on any atom is -0.483 e. The summed E-state index contributed by atoms with van der Waals surface area (Å²) in [6, 6.07) is 24.2. The second-order valence-electron chi connectivity index (χ2n) is 7.79. The first-order valence-corrected chi connectivity index (χ1v) is 10.1. The highest BCUT2D eigenvalue weighted by Gasteiger charge is 2.18. The van der Waals surface area contributed by atoms with Gasteiger partial charge in [-0.2, -0.15) is 0 Å². The SMILES string of the molecule is Cc1ccc(N(Cc2ccccc2)C(=O)COc2cc(C)ccc2C(C)C)cc1. The smallest absolute Gasteiger partial charge is 0.265 e. The number of hydrogen-bond acceptors (Lipinski definition) is 2. The molecule has 29 heavy (non-hydrogen) atoms. The normalized spacial score (nSPS) is 10.8. The van der Waals surface area contributed by atoms with Crippen LogP contribution < -0.4 is 9.64 Å². The summed E-state index contributed by atoms with van der Waals surface area (Å²) in [6.07, 6.45) is 0. The summed E-state index contributed by atoms with van der Waals surface area (Å²) in [5.41, 5.74) is 5.37. The third-order valence-corrected chi connectivity index (χ3v) is 4.97. The Morgan fingerprint density at radius 2 is 1.55 bits per heavy atom. The fourth-order valence-electron chi connectivity index (χ4n) is 3.28. The van der Waals surface area contributed by atoms with Gasteiger partial charge in [0.1, 0.15) is 5.75 Å². The van der Waals surface area contributed by atoms with Crippen LogP contribution in [0.2, 0.25) is 0 Å². The number of amides is 1. The molecule has 1 amide bonds. The molecule has 0 aromatic heterocycles. The van der Waals surface area contributed by atoms with Crippen molar-refractivity contribution in [3.63, 3.8) is 0 Å². The third kappa shape index (κ3) is 5.47. The molecule has 0 aliphatic carbocycles. The van der Waals surface area contributed by atoms with E-state index >= 15 is 0 Å². The van der Waals surface area contributed by atoms with Crippen molar-refractivity contribution in [1.29, 1.82) is 0 Å². The summed E-state index contributed by atoms with van der Waals surface area (Å²) in [5, 5.41) is 0. The van der Waals surface area contributed by atoms with Gasteiger partial charge in [0.15, 0.2) is 6.61 Å². The van der Waals surface area contributed by atoms with Gasteiger partial charge in [-0.1, -0.05) is 74.0 Å². The highest BCUT2D eigenvalue weighted by molar-refractivity contribution is 5.94. The molecule has 3 rings (SSSR count). The molecule has 0 unspecified atom stereocenters. The molecule has 0 saturated heterocycles. The number of carbonyl (C=O) groups excluding carboxylic acids is 1. The molecular formula is C26H29NO2. The summed E-state index contributed by atoms with van der Waals surface area (Å²) >= 11 is 0. The molecule has 0 radical (unpaired) electrons. The highest BCUT2D eigenvalue weighted by Crippen LogP contribution is 2.28. The van der Waals surface area contributed by atoms with E-state index in [2.05, 4.69) is 26.0 Å². The number of nitrogens with zero attached hydrogens (tertiary/aromatic N) is 1. The Bertz CT molecular complexity index is 946. The number of ether oxygens (including phenoxy) is 1. The fraction of sp³-hybridized carbons (Fsp3) is 0.269. The molecule has 3 heteroatoms. The summed E-state index contributed by atoms with van der Waals surface area (Å²) in [5.74, 6) is 1.06. The lowest BCUT2D eigenvalue weighted by atomic mass is 10.0. The van der Waals surface area contributed by atoms with Crippen molar-refractivity contribution in [2.75, 3.05) is 11.5 Å². The van der Waals surface area contributed by atoms with Crippen LogP contribution in [0.1, 0.15) is 42.0 Å². The number of rotatable bonds is 7. The van der Waals surface area contributed by atoms with E-state index in [-0.39, 0.29) is 12.5 Å². The van der Waals surface area contributed by atoms with Gasteiger partial charge in [-0.25, -0.2) is 0 Å². The standard InChI is InChI=1S/C26H29NO2/c1-19(2)24-15-12-21(4)16-25(24)29-18-26(28)27(17-22-8-6-5-7-9-22)23-13-10-20(3)11-14-23/h5-16,19H,17-18H2,1-4H3. The van der Waals surface area contributed by atoms with Crippen LogP contribution in [0.15, 0.2) is 72.8 Å². The second kappa shape index (κ2) is 9.42. The number of benzene rings is 3. The molecular weight excluding hydrogens is 358 g/mol. The van der Waals surface area contributed by atoms with Crippen molar-refractivity contribution in [3.05, 3.63) is 95.1 Å². The van der Waals surface area contributed by atoms with Crippen LogP contribution in [0.25, 0.3) is 0 Å². The zero-order valence-electron chi connectivity index (χ0n) is 17.7. The van der Waals surface area contributed by atoms with Gasteiger partial charge in [-0.15, -0.1) is 0 Å². The molecule has 0 spiro atoms. The minimum atomic E-state index is -0.0612. The van der Waals surface area contributed by atoms with Crippen molar-refractivity contribution in [3.8, 4) is 5.75 Å². The summed E-state index contributed by atoms with van der Waals surface area (Å²) < 4.78 is 6.01. The predicted molar refractivity (Wildman–Crippen MR) is 120 cm³/mol. The Labute approximate surface area is 174 Å². The van der Waals surface area contributed by atoms with Crippen molar-refractivity contribution in [2.45, 2.75) is 40.2 Å². The maximum Gasteiger partial charge on any atom is 0.265 e. The van der Waals surface area contributed by atoms with Crippen LogP contribution >= 0.6 is 0 Å². The van der Waals surface area contributed by atoms with Gasteiger partial charge in [0.25, 0.3) is 5.91 Å². The van der Waals surface area contributed by atoms with Gasteiger partial charge in [-0.3, -0.25) is 4.79 Å². The topological polar surface area (TPSA) is 29.5 Å². The molecule has 0 aliphatic rings. The van der Waals surface area contributed by atoms with Crippen molar-refractivity contribution < 1.29 is 9.53 Å². The van der Waals surface area contributed by atoms with E-state index in [4.69, 9.17) is 4.74 Å². The Kier molecular flexibility index (Phi) is 6.71. The molecule has 0 heterocycles. The number of carbonyl (C=O) groups is 1. The maximum atomic E-state index is 13.2. The molecule has 0 atom stereocenters. The van der Waals surface area contributed by atoms with Gasteiger partial charge in [0.05, 0.1) is 6.54 Å². The van der Waals surface area contributed by atoms with Crippen LogP contribution in [0.3, 0.4) is 0 Å². The molecule has 0 bridgehead atoms. The lowest BCUT2D eigenvalue weighted by Gasteiger charge is -2.24. The lowest BCUT2D eigenvalue weighted by molar-refractivity contribution is -0.120. The molecule has 0 N–H and O–H groups in total. The van der Waals surface area contributed by atoms with E-state index in [1.165, 1.54) is 5.56 Å². The van der Waals surface area contributed by atoms with Crippen LogP contribution in [-0.4, -0.2) is 12.5 Å². The molecule has 3 nitrogen and oxygen atoms in total. The fourth-order valence-corrected chi connectivity index (χ4v) is 3.28. The van der Waals surface area contributed by atoms with Gasteiger partial charge >= 0.3 is 0 Å². The van der Waals surface area contributed by atoms with E-state index < -0.39 is 0 Å². The van der Waals surface area contributed by atoms with E-state index in [1.54, 1.807) is 4.90 Å². The average Bonchev–Trinajstić information content (AvgIpc) is 2.71. The Hall–Kier alpha value is -3.07. The van der Waals surface area contributed by atoms with Gasteiger partial charge in [0, 0.05) is 5.69 Å². The quantitative estimate of drug-likeness (QED) is 0.495. The average molecular weight is 388 g/mol. The Balaban J connectivity index is 1.81. The zero-order chi connectivity index (χ0) is 20.8. The van der Waals surface area contributed by atoms with E-state index in [1.807, 2.05) is 74.5 Å². The summed E-state index contributed by atoms with van der Waals surface area (Å²) in [7, 11) is 0. The predicted octanol–water partition coefficient (Wildman–Crippen LogP) is 6.04. The van der Waals surface area contributed by atoms with Crippen molar-refractivity contribution in [1.82, 2.24) is 0 Å². The summed E-state index contributed by atoms with van der Waals surface area (Å²) in [6.45, 7) is 8.86. The minimum absolute atomic E-state index is 0.00385.